The standard InChI is InChI=1S/C21H36O3/c1-14(11-19(22)23)7-9-20(4)15(2)8-10-21(5)16(3)12-17(24-6)13-18(20)21/h12,14-15,17-18H,7-11,13H2,1-6H3,(H,22,23)/t14-,15+,17+,18+,20-,21-/m0/s1. The molecular formula is C21H36O3. The van der Waals surface area contributed by atoms with E-state index < -0.39 is 5.97 Å². The van der Waals surface area contributed by atoms with Crippen molar-refractivity contribution in [2.24, 2.45) is 28.6 Å². The van der Waals surface area contributed by atoms with Crippen LogP contribution in [-0.4, -0.2) is 24.3 Å². The Balaban J connectivity index is 2.22. The number of methoxy groups -OCH3 is 1. The van der Waals surface area contributed by atoms with Gasteiger partial charge in [-0.05, 0) is 67.6 Å². The number of carboxylic acids is 1. The van der Waals surface area contributed by atoms with Crippen molar-refractivity contribution in [3.05, 3.63) is 11.6 Å². The minimum Gasteiger partial charge on any atom is -0.481 e. The highest BCUT2D eigenvalue weighted by atomic mass is 16.5. The molecule has 0 radical (unpaired) electrons. The fraction of sp³-hybridized carbons (Fsp3) is 0.857. The van der Waals surface area contributed by atoms with Crippen LogP contribution in [0.25, 0.3) is 0 Å². The van der Waals surface area contributed by atoms with Gasteiger partial charge in [-0.25, -0.2) is 0 Å². The van der Waals surface area contributed by atoms with Gasteiger partial charge in [-0.2, -0.15) is 0 Å². The van der Waals surface area contributed by atoms with Crippen molar-refractivity contribution in [1.29, 1.82) is 0 Å². The average molecular weight is 337 g/mol. The molecule has 138 valence electrons. The largest absolute Gasteiger partial charge is 0.481 e. The van der Waals surface area contributed by atoms with Crippen LogP contribution in [0.3, 0.4) is 0 Å². The predicted octanol–water partition coefficient (Wildman–Crippen LogP) is 5.30. The van der Waals surface area contributed by atoms with Gasteiger partial charge < -0.3 is 9.84 Å². The summed E-state index contributed by atoms with van der Waals surface area (Å²) in [6.45, 7) is 11.7. The Labute approximate surface area is 147 Å². The zero-order chi connectivity index (χ0) is 18.1. The number of ether oxygens (including phenoxy) is 1. The lowest BCUT2D eigenvalue weighted by Crippen LogP contribution is -2.51. The second kappa shape index (κ2) is 7.19. The van der Waals surface area contributed by atoms with Gasteiger partial charge in [0.15, 0.2) is 0 Å². The Morgan fingerprint density at radius 1 is 1.46 bits per heavy atom. The van der Waals surface area contributed by atoms with Crippen molar-refractivity contribution in [3.63, 3.8) is 0 Å². The number of fused-ring (bicyclic) bond motifs is 1. The number of aliphatic carboxylic acids is 1. The predicted molar refractivity (Wildman–Crippen MR) is 97.9 cm³/mol. The van der Waals surface area contributed by atoms with Crippen LogP contribution in [0.5, 0.6) is 0 Å². The lowest BCUT2D eigenvalue weighted by atomic mass is 9.46. The third-order valence-electron chi connectivity index (χ3n) is 7.59. The van der Waals surface area contributed by atoms with Crippen LogP contribution in [0.1, 0.15) is 73.1 Å². The molecule has 3 heteroatoms. The maximum Gasteiger partial charge on any atom is 0.303 e. The Morgan fingerprint density at radius 3 is 2.71 bits per heavy atom. The molecule has 0 heterocycles. The second-order valence-corrected chi connectivity index (χ2v) is 9.02. The number of carboxylic acid groups (broad SMARTS) is 1. The van der Waals surface area contributed by atoms with Crippen molar-refractivity contribution < 1.29 is 14.6 Å². The molecule has 0 unspecified atom stereocenters. The molecule has 0 aromatic carbocycles. The van der Waals surface area contributed by atoms with E-state index in [9.17, 15) is 4.79 Å². The van der Waals surface area contributed by atoms with E-state index in [4.69, 9.17) is 9.84 Å². The molecule has 1 N–H and O–H groups in total. The smallest absolute Gasteiger partial charge is 0.303 e. The summed E-state index contributed by atoms with van der Waals surface area (Å²) in [5.74, 6) is 0.861. The molecule has 3 nitrogen and oxygen atoms in total. The highest BCUT2D eigenvalue weighted by Gasteiger charge is 2.54. The van der Waals surface area contributed by atoms with Crippen LogP contribution >= 0.6 is 0 Å². The van der Waals surface area contributed by atoms with Crippen molar-refractivity contribution in [2.75, 3.05) is 7.11 Å². The first kappa shape index (κ1) is 19.5. The summed E-state index contributed by atoms with van der Waals surface area (Å²) in [5.41, 5.74) is 2.01. The lowest BCUT2D eigenvalue weighted by molar-refractivity contribution is -0.138. The third kappa shape index (κ3) is 3.56. The Kier molecular flexibility index (Phi) is 5.84. The van der Waals surface area contributed by atoms with Crippen LogP contribution in [0.4, 0.5) is 0 Å². The number of rotatable bonds is 6. The first-order chi connectivity index (χ1) is 11.1. The molecular weight excluding hydrogens is 300 g/mol. The highest BCUT2D eigenvalue weighted by Crippen LogP contribution is 2.62. The van der Waals surface area contributed by atoms with E-state index in [1.54, 1.807) is 0 Å². The maximum atomic E-state index is 11.0. The molecule has 24 heavy (non-hydrogen) atoms. The number of allylic oxidation sites excluding steroid dienone is 1. The van der Waals surface area contributed by atoms with Crippen LogP contribution < -0.4 is 0 Å². The molecule has 0 amide bonds. The van der Waals surface area contributed by atoms with E-state index >= 15 is 0 Å². The van der Waals surface area contributed by atoms with Crippen molar-refractivity contribution in [3.8, 4) is 0 Å². The maximum absolute atomic E-state index is 11.0. The topological polar surface area (TPSA) is 46.5 Å². The summed E-state index contributed by atoms with van der Waals surface area (Å²) >= 11 is 0. The summed E-state index contributed by atoms with van der Waals surface area (Å²) in [7, 11) is 1.82. The summed E-state index contributed by atoms with van der Waals surface area (Å²) in [6, 6.07) is 0. The minimum absolute atomic E-state index is 0.226. The van der Waals surface area contributed by atoms with Gasteiger partial charge in [-0.3, -0.25) is 4.79 Å². The summed E-state index contributed by atoms with van der Waals surface area (Å²) in [5, 5.41) is 9.04. The fourth-order valence-electron chi connectivity index (χ4n) is 5.40. The van der Waals surface area contributed by atoms with E-state index in [2.05, 4.69) is 40.7 Å². The highest BCUT2D eigenvalue weighted by molar-refractivity contribution is 5.66. The van der Waals surface area contributed by atoms with Gasteiger partial charge in [0.2, 0.25) is 0 Å². The summed E-state index contributed by atoms with van der Waals surface area (Å²) < 4.78 is 5.71. The molecule has 2 aliphatic carbocycles. The summed E-state index contributed by atoms with van der Waals surface area (Å²) in [4.78, 5) is 11.0. The second-order valence-electron chi connectivity index (χ2n) is 9.02. The third-order valence-corrected chi connectivity index (χ3v) is 7.59. The van der Waals surface area contributed by atoms with Crippen LogP contribution in [0.2, 0.25) is 0 Å². The Hall–Kier alpha value is -0.830. The van der Waals surface area contributed by atoms with Gasteiger partial charge in [0.1, 0.15) is 0 Å². The van der Waals surface area contributed by atoms with Crippen molar-refractivity contribution in [1.82, 2.24) is 0 Å². The molecule has 0 bridgehead atoms. The van der Waals surface area contributed by atoms with Crippen molar-refractivity contribution in [2.45, 2.75) is 79.2 Å². The van der Waals surface area contributed by atoms with E-state index in [0.717, 1.165) is 19.3 Å². The number of hydrogen-bond acceptors (Lipinski definition) is 2. The zero-order valence-electron chi connectivity index (χ0n) is 16.4. The first-order valence-electron chi connectivity index (χ1n) is 9.57. The van der Waals surface area contributed by atoms with Crippen LogP contribution in [-0.2, 0) is 9.53 Å². The van der Waals surface area contributed by atoms with Gasteiger partial charge in [-0.1, -0.05) is 39.3 Å². The van der Waals surface area contributed by atoms with Gasteiger partial charge in [0, 0.05) is 13.5 Å². The van der Waals surface area contributed by atoms with Gasteiger partial charge >= 0.3 is 5.97 Å². The van der Waals surface area contributed by atoms with E-state index in [0.29, 0.717) is 11.8 Å². The molecule has 2 rings (SSSR count). The number of carbonyl (C=O) groups is 1. The average Bonchev–Trinajstić information content (AvgIpc) is 2.51. The molecule has 2 aliphatic rings. The summed E-state index contributed by atoms with van der Waals surface area (Å²) in [6.07, 6.45) is 8.58. The monoisotopic (exact) mass is 336 g/mol. The Bertz CT molecular complexity index is 497. The Morgan fingerprint density at radius 2 is 2.12 bits per heavy atom. The molecule has 1 saturated carbocycles. The van der Waals surface area contributed by atoms with Gasteiger partial charge in [0.05, 0.1) is 6.10 Å². The normalized spacial score (nSPS) is 40.6. The van der Waals surface area contributed by atoms with Crippen LogP contribution in [0.15, 0.2) is 11.6 Å². The molecule has 1 fully saturated rings. The molecule has 6 atom stereocenters. The molecule has 0 saturated heterocycles. The van der Waals surface area contributed by atoms with Gasteiger partial charge in [-0.15, -0.1) is 0 Å². The van der Waals surface area contributed by atoms with E-state index in [-0.39, 0.29) is 29.3 Å². The minimum atomic E-state index is -0.676. The fourth-order valence-corrected chi connectivity index (χ4v) is 5.40. The SMILES string of the molecule is CO[C@@H]1C=C(C)[C@]2(C)CC[C@@H](C)[C@](C)(CC[C@H](C)CC(=O)O)[C@H]2C1. The lowest BCUT2D eigenvalue weighted by Gasteiger charge is -2.59. The number of hydrogen-bond donors (Lipinski definition) is 1. The van der Waals surface area contributed by atoms with Crippen LogP contribution in [0, 0.1) is 28.6 Å². The molecule has 0 aromatic heterocycles. The van der Waals surface area contributed by atoms with E-state index in [1.165, 1.54) is 18.4 Å². The van der Waals surface area contributed by atoms with Gasteiger partial charge in [0.25, 0.3) is 0 Å². The molecule has 0 aliphatic heterocycles. The zero-order valence-corrected chi connectivity index (χ0v) is 16.4. The first-order valence-corrected chi connectivity index (χ1v) is 9.57. The molecule has 0 spiro atoms. The molecule has 0 aromatic rings. The van der Waals surface area contributed by atoms with E-state index in [1.807, 2.05) is 7.11 Å². The van der Waals surface area contributed by atoms with Crippen molar-refractivity contribution >= 4 is 5.97 Å². The quantitative estimate of drug-likeness (QED) is 0.669.